The SMILES string of the molecule is CCn1c(SCC(=O)N2c3ccccc3Sc3ccccc32)nnc1C(C)C. The highest BCUT2D eigenvalue weighted by Gasteiger charge is 2.28. The first-order valence-electron chi connectivity index (χ1n) is 9.35. The van der Waals surface area contributed by atoms with Gasteiger partial charge in [-0.05, 0) is 31.2 Å². The Bertz CT molecular complexity index is 970. The molecule has 4 rings (SSSR count). The summed E-state index contributed by atoms with van der Waals surface area (Å²) in [5, 5.41) is 9.43. The van der Waals surface area contributed by atoms with Gasteiger partial charge in [-0.25, -0.2) is 0 Å². The molecule has 0 saturated heterocycles. The van der Waals surface area contributed by atoms with Crippen molar-refractivity contribution in [1.29, 1.82) is 0 Å². The van der Waals surface area contributed by atoms with E-state index in [-0.39, 0.29) is 5.91 Å². The Morgan fingerprint density at radius 2 is 1.64 bits per heavy atom. The monoisotopic (exact) mass is 410 g/mol. The second kappa shape index (κ2) is 8.01. The van der Waals surface area contributed by atoms with Crippen molar-refractivity contribution in [2.45, 2.75) is 48.2 Å². The largest absolute Gasteiger partial charge is 0.306 e. The van der Waals surface area contributed by atoms with E-state index in [1.165, 1.54) is 11.8 Å². The molecule has 28 heavy (non-hydrogen) atoms. The lowest BCUT2D eigenvalue weighted by Gasteiger charge is -2.30. The van der Waals surface area contributed by atoms with Crippen molar-refractivity contribution in [3.63, 3.8) is 0 Å². The van der Waals surface area contributed by atoms with Crippen molar-refractivity contribution in [2.75, 3.05) is 10.7 Å². The third kappa shape index (κ3) is 3.44. The number of para-hydroxylation sites is 2. The summed E-state index contributed by atoms with van der Waals surface area (Å²) in [4.78, 5) is 17.3. The molecule has 0 spiro atoms. The van der Waals surface area contributed by atoms with Crippen LogP contribution in [0.2, 0.25) is 0 Å². The summed E-state index contributed by atoms with van der Waals surface area (Å²) < 4.78 is 2.09. The van der Waals surface area contributed by atoms with Gasteiger partial charge in [-0.2, -0.15) is 0 Å². The van der Waals surface area contributed by atoms with E-state index in [1.807, 2.05) is 41.3 Å². The Morgan fingerprint density at radius 3 is 2.21 bits per heavy atom. The van der Waals surface area contributed by atoms with Crippen LogP contribution in [0.3, 0.4) is 0 Å². The number of thioether (sulfide) groups is 1. The first-order valence-corrected chi connectivity index (χ1v) is 11.1. The highest BCUT2D eigenvalue weighted by atomic mass is 32.2. The zero-order valence-electron chi connectivity index (χ0n) is 16.1. The highest BCUT2D eigenvalue weighted by molar-refractivity contribution is 8.00. The minimum atomic E-state index is 0.0435. The van der Waals surface area contributed by atoms with Gasteiger partial charge in [0.25, 0.3) is 0 Å². The van der Waals surface area contributed by atoms with E-state index in [4.69, 9.17) is 0 Å². The number of anilines is 2. The molecule has 1 amide bonds. The molecule has 0 unspecified atom stereocenters. The van der Waals surface area contributed by atoms with Crippen molar-refractivity contribution < 1.29 is 4.79 Å². The number of carbonyl (C=O) groups is 1. The van der Waals surface area contributed by atoms with Crippen LogP contribution < -0.4 is 4.90 Å². The molecule has 0 atom stereocenters. The highest BCUT2D eigenvalue weighted by Crippen LogP contribution is 2.48. The molecule has 0 saturated carbocycles. The van der Waals surface area contributed by atoms with E-state index in [0.29, 0.717) is 11.7 Å². The molecule has 3 aromatic rings. The number of amides is 1. The van der Waals surface area contributed by atoms with Gasteiger partial charge in [-0.3, -0.25) is 9.69 Å². The van der Waals surface area contributed by atoms with Gasteiger partial charge in [-0.15, -0.1) is 10.2 Å². The number of hydrogen-bond acceptors (Lipinski definition) is 5. The van der Waals surface area contributed by atoms with Gasteiger partial charge < -0.3 is 4.57 Å². The van der Waals surface area contributed by atoms with Gasteiger partial charge in [0.05, 0.1) is 17.1 Å². The Hall–Kier alpha value is -2.25. The summed E-state index contributed by atoms with van der Waals surface area (Å²) in [5.41, 5.74) is 1.88. The van der Waals surface area contributed by atoms with E-state index in [2.05, 4.69) is 47.7 Å². The maximum Gasteiger partial charge on any atom is 0.242 e. The van der Waals surface area contributed by atoms with Crippen molar-refractivity contribution in [1.82, 2.24) is 14.8 Å². The molecule has 1 aromatic heterocycles. The second-order valence-electron chi connectivity index (χ2n) is 6.80. The Balaban J connectivity index is 1.61. The fourth-order valence-electron chi connectivity index (χ4n) is 3.30. The molecular formula is C21H22N4OS2. The number of aromatic nitrogens is 3. The van der Waals surface area contributed by atoms with E-state index in [9.17, 15) is 4.79 Å². The molecule has 5 nitrogen and oxygen atoms in total. The van der Waals surface area contributed by atoms with Gasteiger partial charge in [0.15, 0.2) is 5.16 Å². The van der Waals surface area contributed by atoms with Crippen molar-refractivity contribution in [3.8, 4) is 0 Å². The number of carbonyl (C=O) groups excluding carboxylic acids is 1. The third-order valence-corrected chi connectivity index (χ3v) is 6.67. The number of nitrogens with zero attached hydrogens (tertiary/aromatic N) is 4. The minimum Gasteiger partial charge on any atom is -0.306 e. The second-order valence-corrected chi connectivity index (χ2v) is 8.82. The van der Waals surface area contributed by atoms with Crippen LogP contribution in [0.25, 0.3) is 0 Å². The van der Waals surface area contributed by atoms with Crippen LogP contribution in [0.15, 0.2) is 63.5 Å². The maximum atomic E-state index is 13.3. The topological polar surface area (TPSA) is 51.0 Å². The van der Waals surface area contributed by atoms with E-state index in [0.717, 1.165) is 38.7 Å². The average Bonchev–Trinajstić information content (AvgIpc) is 3.13. The summed E-state index contributed by atoms with van der Waals surface area (Å²) >= 11 is 3.16. The lowest BCUT2D eigenvalue weighted by Crippen LogP contribution is -2.30. The quantitative estimate of drug-likeness (QED) is 0.531. The maximum absolute atomic E-state index is 13.3. The molecule has 1 aliphatic rings. The molecule has 0 fully saturated rings. The predicted molar refractivity (Wildman–Crippen MR) is 115 cm³/mol. The molecule has 0 aliphatic carbocycles. The van der Waals surface area contributed by atoms with Gasteiger partial charge in [0.2, 0.25) is 5.91 Å². The smallest absolute Gasteiger partial charge is 0.242 e. The first-order chi connectivity index (χ1) is 13.6. The van der Waals surface area contributed by atoms with Gasteiger partial charge in [0.1, 0.15) is 5.82 Å². The number of hydrogen-bond donors (Lipinski definition) is 0. The number of benzene rings is 2. The lowest BCUT2D eigenvalue weighted by molar-refractivity contribution is -0.115. The van der Waals surface area contributed by atoms with Crippen LogP contribution in [-0.2, 0) is 11.3 Å². The molecule has 0 radical (unpaired) electrons. The molecule has 144 valence electrons. The van der Waals surface area contributed by atoms with Crippen LogP contribution in [0.1, 0.15) is 32.5 Å². The lowest BCUT2D eigenvalue weighted by atomic mass is 10.2. The average molecular weight is 411 g/mol. The molecule has 7 heteroatoms. The molecule has 2 heterocycles. The predicted octanol–water partition coefficient (Wildman–Crippen LogP) is 5.34. The van der Waals surface area contributed by atoms with Crippen LogP contribution >= 0.6 is 23.5 Å². The summed E-state index contributed by atoms with van der Waals surface area (Å²) in [6, 6.07) is 16.1. The van der Waals surface area contributed by atoms with Gasteiger partial charge in [-0.1, -0.05) is 61.6 Å². The standard InChI is InChI=1S/C21H22N4OS2/c1-4-24-20(14(2)3)22-23-21(24)27-13-19(26)25-15-9-5-7-11-17(15)28-18-12-8-6-10-16(18)25/h5-12,14H,4,13H2,1-3H3. The number of rotatable bonds is 5. The minimum absolute atomic E-state index is 0.0435. The molecular weight excluding hydrogens is 388 g/mol. The van der Waals surface area contributed by atoms with Gasteiger partial charge in [0, 0.05) is 22.3 Å². The normalized spacial score (nSPS) is 12.8. The Labute approximate surface area is 173 Å². The van der Waals surface area contributed by atoms with Crippen molar-refractivity contribution >= 4 is 40.8 Å². The zero-order valence-corrected chi connectivity index (χ0v) is 17.8. The molecule has 2 aromatic carbocycles. The first kappa shape index (κ1) is 19.1. The van der Waals surface area contributed by atoms with Crippen molar-refractivity contribution in [3.05, 3.63) is 54.4 Å². The van der Waals surface area contributed by atoms with Crippen LogP contribution in [0.4, 0.5) is 11.4 Å². The zero-order chi connectivity index (χ0) is 19.7. The van der Waals surface area contributed by atoms with Gasteiger partial charge >= 0.3 is 0 Å². The molecule has 0 bridgehead atoms. The van der Waals surface area contributed by atoms with Crippen LogP contribution in [0.5, 0.6) is 0 Å². The van der Waals surface area contributed by atoms with E-state index < -0.39 is 0 Å². The number of fused-ring (bicyclic) bond motifs is 2. The third-order valence-electron chi connectivity index (χ3n) is 4.58. The fraction of sp³-hybridized carbons (Fsp3) is 0.286. The van der Waals surface area contributed by atoms with E-state index in [1.54, 1.807) is 11.8 Å². The Kier molecular flexibility index (Phi) is 5.46. The van der Waals surface area contributed by atoms with Crippen LogP contribution in [0, 0.1) is 0 Å². The molecule has 0 N–H and O–H groups in total. The Morgan fingerprint density at radius 1 is 1.04 bits per heavy atom. The molecule has 1 aliphatic heterocycles. The summed E-state index contributed by atoms with van der Waals surface area (Å²) in [5.74, 6) is 1.61. The summed E-state index contributed by atoms with van der Waals surface area (Å²) in [7, 11) is 0. The summed E-state index contributed by atoms with van der Waals surface area (Å²) in [6.45, 7) is 7.09. The van der Waals surface area contributed by atoms with Crippen molar-refractivity contribution in [2.24, 2.45) is 0 Å². The van der Waals surface area contributed by atoms with E-state index >= 15 is 0 Å². The summed E-state index contributed by atoms with van der Waals surface area (Å²) in [6.07, 6.45) is 0. The van der Waals surface area contributed by atoms with Crippen LogP contribution in [-0.4, -0.2) is 26.4 Å². The fourth-order valence-corrected chi connectivity index (χ4v) is 5.21.